The maximum absolute atomic E-state index is 12.6. The number of urea groups is 1. The lowest BCUT2D eigenvalue weighted by atomic mass is 9.82. The molecule has 3 rings (SSSR count). The zero-order chi connectivity index (χ0) is 14.2. The molecular weight excluding hydrogens is 258 g/mol. The minimum Gasteiger partial charge on any atom is -0.393 e. The van der Waals surface area contributed by atoms with E-state index < -0.39 is 5.54 Å². The molecule has 0 aromatic heterocycles. The van der Waals surface area contributed by atoms with Crippen molar-refractivity contribution in [3.05, 3.63) is 0 Å². The first-order valence-electron chi connectivity index (χ1n) is 7.65. The van der Waals surface area contributed by atoms with Crippen LogP contribution in [0.25, 0.3) is 0 Å². The predicted octanol–water partition coefficient (Wildman–Crippen LogP) is 0.655. The summed E-state index contributed by atoms with van der Waals surface area (Å²) in [5.41, 5.74) is -0.620. The second-order valence-electron chi connectivity index (χ2n) is 6.30. The van der Waals surface area contributed by atoms with Gasteiger partial charge in [-0.3, -0.25) is 9.69 Å². The van der Waals surface area contributed by atoms with E-state index >= 15 is 0 Å². The molecule has 2 aliphatic heterocycles. The van der Waals surface area contributed by atoms with Crippen LogP contribution in [0.15, 0.2) is 0 Å². The number of aliphatic hydroxyl groups excluding tert-OH is 1. The summed E-state index contributed by atoms with van der Waals surface area (Å²) in [7, 11) is 0. The van der Waals surface area contributed by atoms with Crippen LogP contribution in [0.3, 0.4) is 0 Å². The Morgan fingerprint density at radius 1 is 1.15 bits per heavy atom. The Labute approximate surface area is 119 Å². The molecule has 0 bridgehead atoms. The van der Waals surface area contributed by atoms with Crippen LogP contribution in [0.5, 0.6) is 0 Å². The van der Waals surface area contributed by atoms with Crippen LogP contribution in [-0.4, -0.2) is 58.2 Å². The maximum Gasteiger partial charge on any atom is 0.326 e. The van der Waals surface area contributed by atoms with Crippen molar-refractivity contribution in [2.45, 2.75) is 56.6 Å². The summed E-state index contributed by atoms with van der Waals surface area (Å²) in [5, 5.41) is 12.4. The Kier molecular flexibility index (Phi) is 3.69. The number of likely N-dealkylation sites (tertiary alicyclic amines) is 1. The molecular formula is C14H23N3O3. The number of rotatable bonds is 2. The van der Waals surface area contributed by atoms with E-state index in [1.165, 1.54) is 4.90 Å². The lowest BCUT2D eigenvalue weighted by molar-refractivity contribution is -0.134. The van der Waals surface area contributed by atoms with Gasteiger partial charge < -0.3 is 10.4 Å². The zero-order valence-electron chi connectivity index (χ0n) is 11.8. The van der Waals surface area contributed by atoms with Gasteiger partial charge in [0.15, 0.2) is 0 Å². The van der Waals surface area contributed by atoms with Crippen molar-refractivity contribution in [1.29, 1.82) is 0 Å². The third kappa shape index (κ3) is 2.42. The highest BCUT2D eigenvalue weighted by atomic mass is 16.3. The SMILES string of the molecule is O=C1NC2(CCCCC2)C(=O)N1CN1CCC(O)CC1. The van der Waals surface area contributed by atoms with E-state index in [9.17, 15) is 14.7 Å². The first-order valence-corrected chi connectivity index (χ1v) is 7.65. The molecule has 1 spiro atoms. The Hall–Kier alpha value is -1.14. The second-order valence-corrected chi connectivity index (χ2v) is 6.30. The van der Waals surface area contributed by atoms with E-state index in [2.05, 4.69) is 10.2 Å². The van der Waals surface area contributed by atoms with Crippen LogP contribution in [-0.2, 0) is 4.79 Å². The predicted molar refractivity (Wildman–Crippen MR) is 72.9 cm³/mol. The average Bonchev–Trinajstić information content (AvgIpc) is 2.67. The molecule has 2 saturated heterocycles. The summed E-state index contributed by atoms with van der Waals surface area (Å²) in [4.78, 5) is 28.2. The van der Waals surface area contributed by atoms with Gasteiger partial charge >= 0.3 is 6.03 Å². The Balaban J connectivity index is 1.65. The van der Waals surface area contributed by atoms with Crippen molar-refractivity contribution in [3.63, 3.8) is 0 Å². The molecule has 0 aromatic carbocycles. The average molecular weight is 281 g/mol. The Bertz CT molecular complexity index is 398. The third-order valence-electron chi connectivity index (χ3n) is 4.85. The summed E-state index contributed by atoms with van der Waals surface area (Å²) in [5.74, 6) is -0.0479. The first-order chi connectivity index (χ1) is 9.61. The van der Waals surface area contributed by atoms with Crippen molar-refractivity contribution in [2.24, 2.45) is 0 Å². The van der Waals surface area contributed by atoms with Gasteiger partial charge in [0, 0.05) is 13.1 Å². The van der Waals surface area contributed by atoms with Gasteiger partial charge in [-0.05, 0) is 25.7 Å². The fraction of sp³-hybridized carbons (Fsp3) is 0.857. The summed E-state index contributed by atoms with van der Waals surface area (Å²) in [6.45, 7) is 1.84. The fourth-order valence-electron chi connectivity index (χ4n) is 3.56. The molecule has 0 aromatic rings. The number of imide groups is 1. The van der Waals surface area contributed by atoms with Gasteiger partial charge in [0.2, 0.25) is 0 Å². The molecule has 0 atom stereocenters. The molecule has 0 radical (unpaired) electrons. The third-order valence-corrected chi connectivity index (χ3v) is 4.85. The van der Waals surface area contributed by atoms with Gasteiger partial charge in [0.25, 0.3) is 5.91 Å². The molecule has 2 N–H and O–H groups in total. The normalized spacial score (nSPS) is 28.1. The van der Waals surface area contributed by atoms with Crippen LogP contribution >= 0.6 is 0 Å². The minimum atomic E-state index is -0.620. The molecule has 3 fully saturated rings. The molecule has 3 amide bonds. The number of amides is 3. The van der Waals surface area contributed by atoms with E-state index in [1.54, 1.807) is 0 Å². The summed E-state index contributed by atoms with van der Waals surface area (Å²) in [6, 6.07) is -0.247. The van der Waals surface area contributed by atoms with Gasteiger partial charge in [0.05, 0.1) is 12.8 Å². The smallest absolute Gasteiger partial charge is 0.326 e. The highest BCUT2D eigenvalue weighted by molar-refractivity contribution is 6.07. The van der Waals surface area contributed by atoms with Crippen molar-refractivity contribution in [1.82, 2.24) is 15.1 Å². The number of hydrogen-bond acceptors (Lipinski definition) is 4. The molecule has 1 saturated carbocycles. The summed E-state index contributed by atoms with van der Waals surface area (Å²) >= 11 is 0. The van der Waals surface area contributed by atoms with E-state index in [-0.39, 0.29) is 18.0 Å². The van der Waals surface area contributed by atoms with E-state index in [0.29, 0.717) is 6.67 Å². The van der Waals surface area contributed by atoms with Gasteiger partial charge in [-0.25, -0.2) is 9.69 Å². The molecule has 3 aliphatic rings. The quantitative estimate of drug-likeness (QED) is 0.729. The highest BCUT2D eigenvalue weighted by Gasteiger charge is 2.51. The van der Waals surface area contributed by atoms with Crippen LogP contribution in [0.1, 0.15) is 44.9 Å². The van der Waals surface area contributed by atoms with Gasteiger partial charge in [0.1, 0.15) is 5.54 Å². The van der Waals surface area contributed by atoms with Crippen molar-refractivity contribution in [2.75, 3.05) is 19.8 Å². The fourth-order valence-corrected chi connectivity index (χ4v) is 3.56. The van der Waals surface area contributed by atoms with Crippen molar-refractivity contribution in [3.8, 4) is 0 Å². The number of hydrogen-bond donors (Lipinski definition) is 2. The number of nitrogens with one attached hydrogen (secondary N) is 1. The highest BCUT2D eigenvalue weighted by Crippen LogP contribution is 2.33. The second kappa shape index (κ2) is 5.33. The van der Waals surface area contributed by atoms with Crippen molar-refractivity contribution >= 4 is 11.9 Å². The zero-order valence-corrected chi connectivity index (χ0v) is 11.8. The van der Waals surface area contributed by atoms with Crippen LogP contribution in [0, 0.1) is 0 Å². The molecule has 2 heterocycles. The molecule has 6 nitrogen and oxygen atoms in total. The Morgan fingerprint density at radius 3 is 2.45 bits per heavy atom. The molecule has 6 heteroatoms. The van der Waals surface area contributed by atoms with Crippen LogP contribution in [0.2, 0.25) is 0 Å². The van der Waals surface area contributed by atoms with Crippen molar-refractivity contribution < 1.29 is 14.7 Å². The van der Waals surface area contributed by atoms with Gasteiger partial charge in [-0.15, -0.1) is 0 Å². The molecule has 1 aliphatic carbocycles. The van der Waals surface area contributed by atoms with E-state index in [0.717, 1.165) is 58.0 Å². The topological polar surface area (TPSA) is 72.9 Å². The lowest BCUT2D eigenvalue weighted by Gasteiger charge is -2.33. The standard InChI is InChI=1S/C14H23N3O3/c18-11-4-8-16(9-5-11)10-17-12(19)14(15-13(17)20)6-2-1-3-7-14/h11,18H,1-10H2,(H,15,20). The largest absolute Gasteiger partial charge is 0.393 e. The minimum absolute atomic E-state index is 0.0479. The van der Waals surface area contributed by atoms with Gasteiger partial charge in [-0.1, -0.05) is 19.3 Å². The number of carbonyl (C=O) groups excluding carboxylic acids is 2. The Morgan fingerprint density at radius 2 is 1.80 bits per heavy atom. The van der Waals surface area contributed by atoms with Crippen LogP contribution in [0.4, 0.5) is 4.79 Å². The monoisotopic (exact) mass is 281 g/mol. The lowest BCUT2D eigenvalue weighted by Crippen LogP contribution is -2.49. The van der Waals surface area contributed by atoms with Crippen LogP contribution < -0.4 is 5.32 Å². The van der Waals surface area contributed by atoms with E-state index in [1.807, 2.05) is 0 Å². The molecule has 20 heavy (non-hydrogen) atoms. The first kappa shape index (κ1) is 13.8. The summed E-state index contributed by atoms with van der Waals surface area (Å²) < 4.78 is 0. The maximum atomic E-state index is 12.6. The van der Waals surface area contributed by atoms with E-state index in [4.69, 9.17) is 0 Å². The molecule has 112 valence electrons. The molecule has 0 unspecified atom stereocenters. The number of carbonyl (C=O) groups is 2. The number of piperidine rings is 1. The van der Waals surface area contributed by atoms with Gasteiger partial charge in [-0.2, -0.15) is 0 Å². The number of aliphatic hydroxyl groups is 1. The summed E-state index contributed by atoms with van der Waals surface area (Å²) in [6.07, 6.45) is 5.91. The number of nitrogens with zero attached hydrogens (tertiary/aromatic N) is 2.